The third-order valence-electron chi connectivity index (χ3n) is 5.85. The summed E-state index contributed by atoms with van der Waals surface area (Å²) in [5, 5.41) is 9.28. The highest BCUT2D eigenvalue weighted by Crippen LogP contribution is 2.26. The Morgan fingerprint density at radius 2 is 1.79 bits per heavy atom. The molecule has 2 unspecified atom stereocenters. The second kappa shape index (κ2) is 12.1. The van der Waals surface area contributed by atoms with Crippen molar-refractivity contribution in [2.45, 2.75) is 64.0 Å². The van der Waals surface area contributed by atoms with E-state index in [1.54, 1.807) is 4.90 Å². The molecule has 164 valence electrons. The molecule has 2 aliphatic rings. The summed E-state index contributed by atoms with van der Waals surface area (Å²) in [6.07, 6.45) is 6.63. The number of rotatable bonds is 8. The first kappa shape index (κ1) is 23.6. The number of benzene rings is 1. The monoisotopic (exact) mass is 426 g/mol. The number of amides is 1. The maximum atomic E-state index is 11.3. The van der Waals surface area contributed by atoms with Gasteiger partial charge in [-0.1, -0.05) is 13.3 Å². The van der Waals surface area contributed by atoms with Crippen LogP contribution in [-0.2, 0) is 0 Å². The second-order valence-corrected chi connectivity index (χ2v) is 7.88. The first-order valence-corrected chi connectivity index (χ1v) is 10.8. The summed E-state index contributed by atoms with van der Waals surface area (Å²) in [5.41, 5.74) is 0. The number of halogens is 1. The lowest BCUT2D eigenvalue weighted by molar-refractivity contribution is 0.0531. The highest BCUT2D eigenvalue weighted by molar-refractivity contribution is 5.85. The quantitative estimate of drug-likeness (QED) is 0.612. The van der Waals surface area contributed by atoms with Crippen LogP contribution in [0.1, 0.15) is 51.9 Å². The topological polar surface area (TPSA) is 62.2 Å². The molecule has 0 radical (unpaired) electrons. The standard InChI is InChI=1S/C22H34N2O4.ClH/c1-2-18-17-21(11-15-24(18)22(25)26)28-20-9-7-19(8-10-20)27-16-6-14-23-12-4-3-5-13-23;/h7-10,18,21H,2-6,11-17H2,1H3,(H,25,26);1H. The van der Waals surface area contributed by atoms with Gasteiger partial charge in [-0.3, -0.25) is 0 Å². The third kappa shape index (κ3) is 7.27. The molecular weight excluding hydrogens is 392 g/mol. The van der Waals surface area contributed by atoms with Gasteiger partial charge in [0.2, 0.25) is 0 Å². The first-order chi connectivity index (χ1) is 13.7. The van der Waals surface area contributed by atoms with Gasteiger partial charge in [0.05, 0.1) is 6.61 Å². The van der Waals surface area contributed by atoms with Crippen LogP contribution < -0.4 is 9.47 Å². The van der Waals surface area contributed by atoms with Crippen molar-refractivity contribution in [1.82, 2.24) is 9.80 Å². The van der Waals surface area contributed by atoms with Crippen LogP contribution in [0.15, 0.2) is 24.3 Å². The summed E-state index contributed by atoms with van der Waals surface area (Å²) in [5.74, 6) is 1.70. The minimum Gasteiger partial charge on any atom is -0.494 e. The van der Waals surface area contributed by atoms with E-state index < -0.39 is 6.09 Å². The molecule has 0 saturated carbocycles. The van der Waals surface area contributed by atoms with Crippen LogP contribution in [0.5, 0.6) is 11.5 Å². The highest BCUT2D eigenvalue weighted by Gasteiger charge is 2.31. The maximum absolute atomic E-state index is 11.3. The predicted molar refractivity (Wildman–Crippen MR) is 117 cm³/mol. The number of carboxylic acid groups (broad SMARTS) is 1. The molecule has 2 heterocycles. The lowest BCUT2D eigenvalue weighted by atomic mass is 9.98. The lowest BCUT2D eigenvalue weighted by Gasteiger charge is -2.37. The smallest absolute Gasteiger partial charge is 0.407 e. The Morgan fingerprint density at radius 1 is 1.10 bits per heavy atom. The molecule has 1 N–H and O–H groups in total. The van der Waals surface area contributed by atoms with Gasteiger partial charge < -0.3 is 24.4 Å². The molecule has 2 fully saturated rings. The van der Waals surface area contributed by atoms with Gasteiger partial charge >= 0.3 is 6.09 Å². The van der Waals surface area contributed by atoms with Crippen molar-refractivity contribution in [1.29, 1.82) is 0 Å². The van der Waals surface area contributed by atoms with E-state index in [4.69, 9.17) is 9.47 Å². The fourth-order valence-corrected chi connectivity index (χ4v) is 4.23. The summed E-state index contributed by atoms with van der Waals surface area (Å²) in [6.45, 7) is 6.89. The van der Waals surface area contributed by atoms with E-state index in [9.17, 15) is 9.90 Å². The first-order valence-electron chi connectivity index (χ1n) is 10.8. The van der Waals surface area contributed by atoms with Gasteiger partial charge in [-0.2, -0.15) is 0 Å². The number of piperidine rings is 2. The van der Waals surface area contributed by atoms with Gasteiger partial charge in [-0.05, 0) is 63.0 Å². The van der Waals surface area contributed by atoms with E-state index in [-0.39, 0.29) is 24.6 Å². The Labute approximate surface area is 180 Å². The van der Waals surface area contributed by atoms with E-state index in [1.807, 2.05) is 31.2 Å². The van der Waals surface area contributed by atoms with Gasteiger partial charge in [0.25, 0.3) is 0 Å². The third-order valence-corrected chi connectivity index (χ3v) is 5.85. The fraction of sp³-hybridized carbons (Fsp3) is 0.682. The van der Waals surface area contributed by atoms with E-state index in [2.05, 4.69) is 4.90 Å². The molecule has 2 saturated heterocycles. The summed E-state index contributed by atoms with van der Waals surface area (Å²) in [7, 11) is 0. The number of nitrogens with zero attached hydrogens (tertiary/aromatic N) is 2. The molecule has 2 atom stereocenters. The minimum atomic E-state index is -0.827. The van der Waals surface area contributed by atoms with Crippen LogP contribution in [0.2, 0.25) is 0 Å². The molecule has 0 spiro atoms. The SMILES string of the molecule is CCC1CC(Oc2ccc(OCCCN3CCCCC3)cc2)CCN1C(=O)O.Cl. The molecule has 0 aliphatic carbocycles. The van der Waals surface area contributed by atoms with Crippen molar-refractivity contribution in [3.8, 4) is 11.5 Å². The van der Waals surface area contributed by atoms with Crippen LogP contribution in [0.4, 0.5) is 4.79 Å². The highest BCUT2D eigenvalue weighted by atomic mass is 35.5. The molecule has 2 aliphatic heterocycles. The molecule has 3 rings (SSSR count). The average molecular weight is 427 g/mol. The van der Waals surface area contributed by atoms with Crippen LogP contribution in [-0.4, -0.2) is 65.9 Å². The van der Waals surface area contributed by atoms with Crippen molar-refractivity contribution in [3.63, 3.8) is 0 Å². The fourth-order valence-electron chi connectivity index (χ4n) is 4.23. The Morgan fingerprint density at radius 3 is 2.45 bits per heavy atom. The largest absolute Gasteiger partial charge is 0.494 e. The Balaban J connectivity index is 0.00000300. The maximum Gasteiger partial charge on any atom is 0.407 e. The molecule has 29 heavy (non-hydrogen) atoms. The summed E-state index contributed by atoms with van der Waals surface area (Å²) < 4.78 is 12.0. The molecule has 1 aromatic carbocycles. The van der Waals surface area contributed by atoms with Gasteiger partial charge in [-0.25, -0.2) is 4.79 Å². The van der Waals surface area contributed by atoms with Gasteiger partial charge in [0.1, 0.15) is 17.6 Å². The van der Waals surface area contributed by atoms with E-state index >= 15 is 0 Å². The van der Waals surface area contributed by atoms with Crippen LogP contribution in [0, 0.1) is 0 Å². The molecule has 7 heteroatoms. The zero-order valence-corrected chi connectivity index (χ0v) is 18.2. The van der Waals surface area contributed by atoms with Crippen LogP contribution >= 0.6 is 12.4 Å². The van der Waals surface area contributed by atoms with Crippen molar-refractivity contribution in [3.05, 3.63) is 24.3 Å². The number of likely N-dealkylation sites (tertiary alicyclic amines) is 2. The number of carbonyl (C=O) groups is 1. The number of hydrogen-bond acceptors (Lipinski definition) is 4. The van der Waals surface area contributed by atoms with Crippen molar-refractivity contribution < 1.29 is 19.4 Å². The zero-order chi connectivity index (χ0) is 19.8. The van der Waals surface area contributed by atoms with Crippen molar-refractivity contribution in [2.75, 3.05) is 32.8 Å². The molecule has 6 nitrogen and oxygen atoms in total. The molecule has 0 bridgehead atoms. The normalized spacial score (nSPS) is 22.6. The number of hydrogen-bond donors (Lipinski definition) is 1. The van der Waals surface area contributed by atoms with E-state index in [0.717, 1.165) is 50.3 Å². The predicted octanol–water partition coefficient (Wildman–Crippen LogP) is 4.66. The van der Waals surface area contributed by atoms with Crippen molar-refractivity contribution >= 4 is 18.5 Å². The van der Waals surface area contributed by atoms with Crippen LogP contribution in [0.3, 0.4) is 0 Å². The number of ether oxygens (including phenoxy) is 2. The summed E-state index contributed by atoms with van der Waals surface area (Å²) >= 11 is 0. The lowest BCUT2D eigenvalue weighted by Crippen LogP contribution is -2.48. The van der Waals surface area contributed by atoms with Gasteiger partial charge in [-0.15, -0.1) is 12.4 Å². The Bertz CT molecular complexity index is 607. The summed E-state index contributed by atoms with van der Waals surface area (Å²) in [6, 6.07) is 7.85. The summed E-state index contributed by atoms with van der Waals surface area (Å²) in [4.78, 5) is 15.4. The van der Waals surface area contributed by atoms with Crippen LogP contribution in [0.25, 0.3) is 0 Å². The Kier molecular flexibility index (Phi) is 9.88. The van der Waals surface area contributed by atoms with E-state index in [1.165, 1.54) is 32.4 Å². The van der Waals surface area contributed by atoms with Gasteiger partial charge in [0.15, 0.2) is 0 Å². The Hall–Kier alpha value is -1.66. The average Bonchev–Trinajstić information content (AvgIpc) is 2.73. The second-order valence-electron chi connectivity index (χ2n) is 7.88. The van der Waals surface area contributed by atoms with Gasteiger partial charge in [0, 0.05) is 32.0 Å². The zero-order valence-electron chi connectivity index (χ0n) is 17.4. The van der Waals surface area contributed by atoms with Crippen molar-refractivity contribution in [2.24, 2.45) is 0 Å². The molecule has 1 amide bonds. The molecule has 0 aromatic heterocycles. The molecule has 1 aromatic rings. The minimum absolute atomic E-state index is 0. The molecular formula is C22H35ClN2O4. The van der Waals surface area contributed by atoms with E-state index in [0.29, 0.717) is 6.54 Å².